The zero-order valence-corrected chi connectivity index (χ0v) is 19.2. The summed E-state index contributed by atoms with van der Waals surface area (Å²) in [7, 11) is -4.06. The number of carbonyl (C=O) groups is 2. The molecule has 34 heavy (non-hydrogen) atoms. The molecule has 4 rings (SSSR count). The predicted octanol–water partition coefficient (Wildman–Crippen LogP) is 2.97. The van der Waals surface area contributed by atoms with E-state index in [9.17, 15) is 28.1 Å². The summed E-state index contributed by atoms with van der Waals surface area (Å²) in [4.78, 5) is 37.3. The molecule has 10 nitrogen and oxygen atoms in total. The van der Waals surface area contributed by atoms with E-state index in [2.05, 4.69) is 5.32 Å². The van der Waals surface area contributed by atoms with Gasteiger partial charge < -0.3 is 14.8 Å². The number of anilines is 1. The van der Waals surface area contributed by atoms with Crippen LogP contribution in [0.15, 0.2) is 59.6 Å². The van der Waals surface area contributed by atoms with Crippen LogP contribution in [0.4, 0.5) is 11.4 Å². The summed E-state index contributed by atoms with van der Waals surface area (Å²) in [6, 6.07) is 12.1. The molecule has 1 saturated heterocycles. The molecule has 0 radical (unpaired) electrons. The molecule has 0 atom stereocenters. The second kappa shape index (κ2) is 9.64. The fourth-order valence-electron chi connectivity index (χ4n) is 4.13. The first-order valence-corrected chi connectivity index (χ1v) is 12.5. The van der Waals surface area contributed by atoms with Gasteiger partial charge in [0.05, 0.1) is 9.82 Å². The van der Waals surface area contributed by atoms with E-state index in [4.69, 9.17) is 0 Å². The van der Waals surface area contributed by atoms with Crippen molar-refractivity contribution < 1.29 is 22.9 Å². The summed E-state index contributed by atoms with van der Waals surface area (Å²) in [6.07, 6.45) is 4.41. The van der Waals surface area contributed by atoms with Gasteiger partial charge in [-0.15, -0.1) is 0 Å². The zero-order valence-electron chi connectivity index (χ0n) is 18.3. The number of amides is 2. The number of benzene rings is 2. The predicted molar refractivity (Wildman–Crippen MR) is 126 cm³/mol. The Hall–Kier alpha value is -3.73. The monoisotopic (exact) mass is 484 g/mol. The van der Waals surface area contributed by atoms with Crippen LogP contribution in [0.1, 0.15) is 19.3 Å². The van der Waals surface area contributed by atoms with Crippen LogP contribution in [0.3, 0.4) is 0 Å². The smallest absolute Gasteiger partial charge is 0.271 e. The number of hydrogen-bond acceptors (Lipinski definition) is 6. The lowest BCUT2D eigenvalue weighted by Crippen LogP contribution is -2.37. The van der Waals surface area contributed by atoms with Gasteiger partial charge >= 0.3 is 0 Å². The highest BCUT2D eigenvalue weighted by atomic mass is 32.2. The minimum Gasteiger partial charge on any atom is -0.341 e. The van der Waals surface area contributed by atoms with E-state index in [1.54, 1.807) is 33.7 Å². The van der Waals surface area contributed by atoms with Gasteiger partial charge in [-0.25, -0.2) is 8.42 Å². The van der Waals surface area contributed by atoms with E-state index in [1.807, 2.05) is 0 Å². The van der Waals surface area contributed by atoms with Crippen LogP contribution in [0, 0.1) is 10.1 Å². The second-order valence-electron chi connectivity index (χ2n) is 8.19. The summed E-state index contributed by atoms with van der Waals surface area (Å²) in [6.45, 7) is 1.40. The Morgan fingerprint density at radius 3 is 2.50 bits per heavy atom. The number of nitro groups is 1. The SMILES string of the molecule is O=C(CS(=O)(=O)c1cn(CC(=O)N2CCCCC2)c2ccccc12)Nc1cccc([N+](=O)[O-])c1. The number of hydrogen-bond donors (Lipinski definition) is 1. The van der Waals surface area contributed by atoms with Crippen LogP contribution in [0.5, 0.6) is 0 Å². The molecule has 1 fully saturated rings. The number of nitrogens with one attached hydrogen (secondary N) is 1. The minimum absolute atomic E-state index is 0.00983. The van der Waals surface area contributed by atoms with E-state index >= 15 is 0 Å². The number of carbonyl (C=O) groups excluding carboxylic acids is 2. The van der Waals surface area contributed by atoms with Crippen molar-refractivity contribution in [2.75, 3.05) is 24.2 Å². The van der Waals surface area contributed by atoms with Gasteiger partial charge in [-0.05, 0) is 31.4 Å². The summed E-state index contributed by atoms with van der Waals surface area (Å²) in [5.41, 5.74) is 0.497. The normalized spacial score (nSPS) is 14.2. The van der Waals surface area contributed by atoms with E-state index in [1.165, 1.54) is 24.4 Å². The largest absolute Gasteiger partial charge is 0.341 e. The lowest BCUT2D eigenvalue weighted by Gasteiger charge is -2.27. The fourth-order valence-corrected chi connectivity index (χ4v) is 5.49. The molecule has 11 heteroatoms. The molecule has 1 aromatic heterocycles. The third kappa shape index (κ3) is 5.09. The van der Waals surface area contributed by atoms with Gasteiger partial charge in [-0.3, -0.25) is 19.7 Å². The number of rotatable bonds is 7. The number of likely N-dealkylation sites (tertiary alicyclic amines) is 1. The first-order chi connectivity index (χ1) is 16.2. The van der Waals surface area contributed by atoms with Crippen LogP contribution in [-0.4, -0.2) is 53.5 Å². The number of nitro benzene ring substituents is 1. The van der Waals surface area contributed by atoms with E-state index in [0.717, 1.165) is 25.3 Å². The third-order valence-corrected chi connectivity index (χ3v) is 7.40. The first-order valence-electron chi connectivity index (χ1n) is 10.9. The number of para-hydroxylation sites is 1. The van der Waals surface area contributed by atoms with Crippen LogP contribution in [0.2, 0.25) is 0 Å². The van der Waals surface area contributed by atoms with Gasteiger partial charge in [-0.1, -0.05) is 24.3 Å². The second-order valence-corrected chi connectivity index (χ2v) is 10.2. The molecule has 2 amide bonds. The molecular formula is C23H24N4O6S. The maximum atomic E-state index is 13.1. The molecule has 1 aliphatic heterocycles. The van der Waals surface area contributed by atoms with Crippen LogP contribution >= 0.6 is 0 Å². The van der Waals surface area contributed by atoms with Gasteiger partial charge in [0, 0.05) is 48.0 Å². The molecule has 178 valence electrons. The highest BCUT2D eigenvalue weighted by molar-refractivity contribution is 7.92. The Balaban J connectivity index is 1.56. The van der Waals surface area contributed by atoms with Crippen molar-refractivity contribution >= 4 is 43.9 Å². The summed E-state index contributed by atoms with van der Waals surface area (Å²) in [5.74, 6) is -1.74. The molecule has 0 spiro atoms. The molecule has 3 aromatic rings. The van der Waals surface area contributed by atoms with E-state index in [0.29, 0.717) is 24.0 Å². The van der Waals surface area contributed by atoms with Gasteiger partial charge in [0.1, 0.15) is 12.3 Å². The molecule has 1 aliphatic rings. The number of sulfone groups is 1. The average molecular weight is 485 g/mol. The molecule has 0 aliphatic carbocycles. The third-order valence-electron chi connectivity index (χ3n) is 5.76. The quantitative estimate of drug-likeness (QED) is 0.405. The highest BCUT2D eigenvalue weighted by Crippen LogP contribution is 2.27. The lowest BCUT2D eigenvalue weighted by molar-refractivity contribution is -0.384. The van der Waals surface area contributed by atoms with Crippen molar-refractivity contribution in [3.63, 3.8) is 0 Å². The standard InChI is InChI=1S/C23H24N4O6S/c28-22(24-17-7-6-8-18(13-17)27(30)31)16-34(32,33)21-14-26(20-10-3-2-9-19(20)21)15-23(29)25-11-4-1-5-12-25/h2-3,6-10,13-14H,1,4-5,11-12,15-16H2,(H,24,28). The number of non-ortho nitro benzene ring substituents is 1. The molecule has 1 N–H and O–H groups in total. The molecule has 2 aromatic carbocycles. The molecule has 0 bridgehead atoms. The molecule has 0 unspecified atom stereocenters. The topological polar surface area (TPSA) is 132 Å². The fraction of sp³-hybridized carbons (Fsp3) is 0.304. The summed E-state index contributed by atoms with van der Waals surface area (Å²) >= 11 is 0. The van der Waals surface area contributed by atoms with Crippen LogP contribution in [-0.2, 0) is 26.0 Å². The van der Waals surface area contributed by atoms with Crippen molar-refractivity contribution in [2.24, 2.45) is 0 Å². The number of piperidine rings is 1. The zero-order chi connectivity index (χ0) is 24.3. The van der Waals surface area contributed by atoms with Crippen molar-refractivity contribution in [1.82, 2.24) is 9.47 Å². The highest BCUT2D eigenvalue weighted by Gasteiger charge is 2.26. The molecule has 2 heterocycles. The maximum Gasteiger partial charge on any atom is 0.271 e. The van der Waals surface area contributed by atoms with E-state index in [-0.39, 0.29) is 28.7 Å². The van der Waals surface area contributed by atoms with Crippen LogP contribution in [0.25, 0.3) is 10.9 Å². The van der Waals surface area contributed by atoms with Crippen molar-refractivity contribution in [3.05, 3.63) is 64.8 Å². The number of nitrogens with zero attached hydrogens (tertiary/aromatic N) is 3. The van der Waals surface area contributed by atoms with Gasteiger partial charge in [0.15, 0.2) is 9.84 Å². The van der Waals surface area contributed by atoms with Gasteiger partial charge in [0.25, 0.3) is 5.69 Å². The van der Waals surface area contributed by atoms with E-state index < -0.39 is 26.4 Å². The van der Waals surface area contributed by atoms with Crippen molar-refractivity contribution in [3.8, 4) is 0 Å². The molecule has 0 saturated carbocycles. The Kier molecular flexibility index (Phi) is 6.64. The Morgan fingerprint density at radius 1 is 1.03 bits per heavy atom. The maximum absolute atomic E-state index is 13.1. The average Bonchev–Trinajstić information content (AvgIpc) is 3.19. The van der Waals surface area contributed by atoms with Gasteiger partial charge in [0.2, 0.25) is 11.8 Å². The summed E-state index contributed by atoms with van der Waals surface area (Å²) < 4.78 is 27.9. The number of aromatic nitrogens is 1. The Morgan fingerprint density at radius 2 is 1.76 bits per heavy atom. The Bertz CT molecular complexity index is 1360. The van der Waals surface area contributed by atoms with Gasteiger partial charge in [-0.2, -0.15) is 0 Å². The first kappa shape index (κ1) is 23.4. The minimum atomic E-state index is -4.06. The van der Waals surface area contributed by atoms with Crippen molar-refractivity contribution in [1.29, 1.82) is 0 Å². The van der Waals surface area contributed by atoms with Crippen LogP contribution < -0.4 is 5.32 Å². The lowest BCUT2D eigenvalue weighted by atomic mass is 10.1. The molecular weight excluding hydrogens is 460 g/mol. The van der Waals surface area contributed by atoms with Crippen molar-refractivity contribution in [2.45, 2.75) is 30.7 Å². The Labute approximate surface area is 196 Å². The number of fused-ring (bicyclic) bond motifs is 1. The summed E-state index contributed by atoms with van der Waals surface area (Å²) in [5, 5.41) is 13.8.